The van der Waals surface area contributed by atoms with Crippen LogP contribution in [0.5, 0.6) is 5.75 Å². The molecular weight excluding hydrogens is 370 g/mol. The maximum Gasteiger partial charge on any atom is 0.227 e. The number of ether oxygens (including phenoxy) is 1. The molecule has 1 fully saturated rings. The predicted molar refractivity (Wildman–Crippen MR) is 108 cm³/mol. The van der Waals surface area contributed by atoms with Crippen molar-refractivity contribution in [1.82, 2.24) is 25.4 Å². The number of carbonyl (C=O) groups excluding carboxylic acids is 2. The van der Waals surface area contributed by atoms with Crippen molar-refractivity contribution in [3.8, 4) is 5.75 Å². The highest BCUT2D eigenvalue weighted by Crippen LogP contribution is 2.31. The molecule has 0 spiro atoms. The number of nitrogens with one attached hydrogen (secondary N) is 2. The lowest BCUT2D eigenvalue weighted by Gasteiger charge is -2.22. The summed E-state index contributed by atoms with van der Waals surface area (Å²) >= 11 is 0. The lowest BCUT2D eigenvalue weighted by atomic mass is 10.1. The molecule has 0 aliphatic carbocycles. The van der Waals surface area contributed by atoms with E-state index in [0.29, 0.717) is 31.0 Å². The smallest absolute Gasteiger partial charge is 0.227 e. The van der Waals surface area contributed by atoms with E-state index in [1.54, 1.807) is 12.0 Å². The highest BCUT2D eigenvalue weighted by Gasteiger charge is 2.38. The maximum atomic E-state index is 13.1. The van der Waals surface area contributed by atoms with Crippen molar-refractivity contribution in [3.05, 3.63) is 41.5 Å². The minimum atomic E-state index is -0.255. The number of aromatic amines is 1. The molecule has 2 atom stereocenters. The zero-order valence-electron chi connectivity index (χ0n) is 17.4. The minimum absolute atomic E-state index is 0.0109. The minimum Gasteiger partial charge on any atom is -0.497 e. The summed E-state index contributed by atoms with van der Waals surface area (Å²) in [5.74, 6) is 2.34. The zero-order chi connectivity index (χ0) is 21.0. The van der Waals surface area contributed by atoms with Crippen molar-refractivity contribution in [2.45, 2.75) is 52.1 Å². The largest absolute Gasteiger partial charge is 0.497 e. The number of benzene rings is 1. The molecule has 8 nitrogen and oxygen atoms in total. The summed E-state index contributed by atoms with van der Waals surface area (Å²) in [6.45, 7) is 6.31. The number of carbonyl (C=O) groups is 2. The maximum absolute atomic E-state index is 13.1. The Hall–Kier alpha value is -2.90. The van der Waals surface area contributed by atoms with Crippen molar-refractivity contribution < 1.29 is 14.3 Å². The predicted octanol–water partition coefficient (Wildman–Crippen LogP) is 2.17. The number of amides is 2. The molecule has 2 N–H and O–H groups in total. The summed E-state index contributed by atoms with van der Waals surface area (Å²) in [6, 6.07) is 7.11. The van der Waals surface area contributed by atoms with Crippen LogP contribution in [0, 0.1) is 12.8 Å². The van der Waals surface area contributed by atoms with E-state index in [1.165, 1.54) is 0 Å². The highest BCUT2D eigenvalue weighted by molar-refractivity contribution is 5.80. The molecule has 1 saturated heterocycles. The molecule has 3 rings (SSSR count). The van der Waals surface area contributed by atoms with Crippen molar-refractivity contribution in [2.75, 3.05) is 13.7 Å². The second-order valence-electron chi connectivity index (χ2n) is 7.96. The van der Waals surface area contributed by atoms with Crippen molar-refractivity contribution in [1.29, 1.82) is 0 Å². The van der Waals surface area contributed by atoms with E-state index in [2.05, 4.69) is 20.5 Å². The monoisotopic (exact) mass is 399 g/mol. The summed E-state index contributed by atoms with van der Waals surface area (Å²) in [4.78, 5) is 31.5. The van der Waals surface area contributed by atoms with E-state index in [0.717, 1.165) is 11.3 Å². The first-order chi connectivity index (χ1) is 13.9. The zero-order valence-corrected chi connectivity index (χ0v) is 17.4. The highest BCUT2D eigenvalue weighted by atomic mass is 16.5. The Bertz CT molecular complexity index is 846. The van der Waals surface area contributed by atoms with Crippen molar-refractivity contribution >= 4 is 11.8 Å². The molecule has 8 heteroatoms. The first kappa shape index (κ1) is 20.8. The van der Waals surface area contributed by atoms with Gasteiger partial charge in [-0.25, -0.2) is 4.98 Å². The van der Waals surface area contributed by atoms with Crippen molar-refractivity contribution in [3.63, 3.8) is 0 Å². The van der Waals surface area contributed by atoms with E-state index in [-0.39, 0.29) is 36.2 Å². The van der Waals surface area contributed by atoms with Gasteiger partial charge in [-0.15, -0.1) is 0 Å². The van der Waals surface area contributed by atoms with Crippen LogP contribution in [0.4, 0.5) is 0 Å². The Kier molecular flexibility index (Phi) is 6.51. The number of H-pyrrole nitrogens is 1. The van der Waals surface area contributed by atoms with Gasteiger partial charge in [-0.1, -0.05) is 26.0 Å². The van der Waals surface area contributed by atoms with Gasteiger partial charge in [0.05, 0.1) is 19.6 Å². The van der Waals surface area contributed by atoms with Crippen LogP contribution in [0.25, 0.3) is 0 Å². The molecule has 2 amide bonds. The fourth-order valence-electron chi connectivity index (χ4n) is 3.65. The number of hydrogen-bond acceptors (Lipinski definition) is 5. The second kappa shape index (κ2) is 9.07. The van der Waals surface area contributed by atoms with Crippen LogP contribution >= 0.6 is 0 Å². The van der Waals surface area contributed by atoms with Crippen LogP contribution in [0.3, 0.4) is 0 Å². The van der Waals surface area contributed by atoms with Gasteiger partial charge in [0.25, 0.3) is 0 Å². The van der Waals surface area contributed by atoms with Gasteiger partial charge in [0.15, 0.2) is 5.82 Å². The number of nitrogens with zero attached hydrogens (tertiary/aromatic N) is 3. The normalized spacial score (nSPS) is 18.9. The molecule has 1 aliphatic rings. The molecule has 0 saturated carbocycles. The summed E-state index contributed by atoms with van der Waals surface area (Å²) < 4.78 is 5.17. The summed E-state index contributed by atoms with van der Waals surface area (Å²) in [5.41, 5.74) is 0.910. The number of aromatic nitrogens is 3. The van der Waals surface area contributed by atoms with Gasteiger partial charge in [-0.2, -0.15) is 5.10 Å². The molecule has 0 unspecified atom stereocenters. The van der Waals surface area contributed by atoms with Gasteiger partial charge in [-0.3, -0.25) is 14.7 Å². The topological polar surface area (TPSA) is 100 Å². The van der Waals surface area contributed by atoms with Gasteiger partial charge < -0.3 is 15.0 Å². The van der Waals surface area contributed by atoms with Crippen LogP contribution in [-0.4, -0.2) is 51.6 Å². The summed E-state index contributed by atoms with van der Waals surface area (Å²) in [7, 11) is 1.61. The van der Waals surface area contributed by atoms with Gasteiger partial charge in [-0.05, 0) is 37.0 Å². The van der Waals surface area contributed by atoms with E-state index in [9.17, 15) is 9.59 Å². The van der Waals surface area contributed by atoms with Crippen LogP contribution in [0.1, 0.15) is 49.9 Å². The lowest BCUT2D eigenvalue weighted by Crippen LogP contribution is -2.39. The molecule has 0 bridgehead atoms. The first-order valence-corrected chi connectivity index (χ1v) is 9.96. The number of rotatable bonds is 7. The second-order valence-corrected chi connectivity index (χ2v) is 7.96. The third-order valence-electron chi connectivity index (χ3n) is 5.01. The van der Waals surface area contributed by atoms with Crippen LogP contribution < -0.4 is 10.1 Å². The third-order valence-corrected chi connectivity index (χ3v) is 5.01. The molecule has 0 radical (unpaired) electrons. The Morgan fingerprint density at radius 1 is 1.31 bits per heavy atom. The summed E-state index contributed by atoms with van der Waals surface area (Å²) in [5, 5.41) is 10.2. The van der Waals surface area contributed by atoms with E-state index >= 15 is 0 Å². The van der Waals surface area contributed by atoms with Crippen LogP contribution in [0.2, 0.25) is 0 Å². The number of aryl methyl sites for hydroxylation is 1. The molecule has 2 aromatic rings. The fraction of sp³-hybridized carbons (Fsp3) is 0.524. The van der Waals surface area contributed by atoms with Gasteiger partial charge in [0.2, 0.25) is 11.8 Å². The molecular formula is C21H29N5O3. The number of methoxy groups -OCH3 is 1. The first-order valence-electron chi connectivity index (χ1n) is 9.96. The SMILES string of the molecule is COc1ccc(CC(=O)N2C[C@@H](NC(=O)CC(C)C)C[C@H]2c2n[nH]c(C)n2)cc1. The fourth-order valence-corrected chi connectivity index (χ4v) is 3.65. The molecule has 1 aliphatic heterocycles. The number of likely N-dealkylation sites (tertiary alicyclic amines) is 1. The van der Waals surface area contributed by atoms with E-state index in [4.69, 9.17) is 4.74 Å². The number of hydrogen-bond donors (Lipinski definition) is 2. The lowest BCUT2D eigenvalue weighted by molar-refractivity contribution is -0.132. The Morgan fingerprint density at radius 2 is 2.03 bits per heavy atom. The average molecular weight is 399 g/mol. The van der Waals surface area contributed by atoms with E-state index < -0.39 is 0 Å². The van der Waals surface area contributed by atoms with Crippen molar-refractivity contribution in [2.24, 2.45) is 5.92 Å². The molecule has 156 valence electrons. The summed E-state index contributed by atoms with van der Waals surface area (Å²) in [6.07, 6.45) is 1.35. The molecule has 2 heterocycles. The molecule has 1 aromatic heterocycles. The Balaban J connectivity index is 1.73. The standard InChI is InChI=1S/C21H29N5O3/c1-13(2)9-19(27)23-16-11-18(21-22-14(3)24-25-21)26(12-16)20(28)10-15-5-7-17(29-4)8-6-15/h5-8,13,16,18H,9-12H2,1-4H3,(H,23,27)(H,22,24,25)/t16-,18-/m0/s1. The quantitative estimate of drug-likeness (QED) is 0.743. The Labute approximate surface area is 171 Å². The third kappa shape index (κ3) is 5.34. The Morgan fingerprint density at radius 3 is 2.62 bits per heavy atom. The molecule has 1 aromatic carbocycles. The van der Waals surface area contributed by atoms with Crippen LogP contribution in [-0.2, 0) is 16.0 Å². The average Bonchev–Trinajstić information content (AvgIpc) is 3.27. The molecule has 29 heavy (non-hydrogen) atoms. The van der Waals surface area contributed by atoms with Gasteiger partial charge in [0, 0.05) is 19.0 Å². The van der Waals surface area contributed by atoms with Gasteiger partial charge in [0.1, 0.15) is 11.6 Å². The van der Waals surface area contributed by atoms with Crippen LogP contribution in [0.15, 0.2) is 24.3 Å². The van der Waals surface area contributed by atoms with Gasteiger partial charge >= 0.3 is 0 Å². The van der Waals surface area contributed by atoms with E-state index in [1.807, 2.05) is 45.0 Å².